The van der Waals surface area contributed by atoms with Crippen molar-refractivity contribution < 1.29 is 0 Å². The lowest BCUT2D eigenvalue weighted by atomic mass is 10.0. The molecule has 1 N–H and O–H groups in total. The molecule has 1 aromatic carbocycles. The van der Waals surface area contributed by atoms with Crippen molar-refractivity contribution in [2.24, 2.45) is 5.92 Å². The van der Waals surface area contributed by atoms with E-state index < -0.39 is 0 Å². The van der Waals surface area contributed by atoms with E-state index in [2.05, 4.69) is 91.9 Å². The fourth-order valence-electron chi connectivity index (χ4n) is 2.41. The summed E-state index contributed by atoms with van der Waals surface area (Å²) in [5.74, 6) is 0.723. The van der Waals surface area contributed by atoms with E-state index in [0.29, 0.717) is 12.1 Å². The Kier molecular flexibility index (Phi) is 7.32. The Hall–Kier alpha value is -0.130. The van der Waals surface area contributed by atoms with Crippen molar-refractivity contribution in [3.8, 4) is 0 Å². The number of nitrogens with one attached hydrogen (secondary N) is 1. The SMILES string of the molecule is CC(C)CC(CN(C)C)NC(C)c1ccc(I)cc1. The van der Waals surface area contributed by atoms with Gasteiger partial charge in [0.05, 0.1) is 0 Å². The van der Waals surface area contributed by atoms with Gasteiger partial charge in [0.1, 0.15) is 0 Å². The molecule has 0 saturated heterocycles. The number of likely N-dealkylation sites (N-methyl/N-ethyl adjacent to an activating group) is 1. The smallest absolute Gasteiger partial charge is 0.0294 e. The van der Waals surface area contributed by atoms with Crippen LogP contribution in [0, 0.1) is 9.49 Å². The maximum absolute atomic E-state index is 3.77. The van der Waals surface area contributed by atoms with E-state index in [0.717, 1.165) is 12.5 Å². The van der Waals surface area contributed by atoms with E-state index in [-0.39, 0.29) is 0 Å². The van der Waals surface area contributed by atoms with Crippen LogP contribution in [0.2, 0.25) is 0 Å². The molecule has 3 heteroatoms. The van der Waals surface area contributed by atoms with Crippen LogP contribution in [0.3, 0.4) is 0 Å². The van der Waals surface area contributed by atoms with Crippen molar-refractivity contribution in [1.29, 1.82) is 0 Å². The zero-order chi connectivity index (χ0) is 14.4. The molecule has 0 aliphatic rings. The van der Waals surface area contributed by atoms with Crippen molar-refractivity contribution in [2.45, 2.75) is 39.3 Å². The average molecular weight is 374 g/mol. The van der Waals surface area contributed by atoms with Gasteiger partial charge in [0.25, 0.3) is 0 Å². The molecule has 1 aromatic rings. The topological polar surface area (TPSA) is 15.3 Å². The highest BCUT2D eigenvalue weighted by atomic mass is 127. The van der Waals surface area contributed by atoms with Crippen molar-refractivity contribution in [3.05, 3.63) is 33.4 Å². The van der Waals surface area contributed by atoms with Gasteiger partial charge in [0.2, 0.25) is 0 Å². The fourth-order valence-corrected chi connectivity index (χ4v) is 2.77. The fraction of sp³-hybridized carbons (Fsp3) is 0.625. The van der Waals surface area contributed by atoms with Crippen molar-refractivity contribution in [2.75, 3.05) is 20.6 Å². The Balaban J connectivity index is 2.63. The summed E-state index contributed by atoms with van der Waals surface area (Å²) in [6.07, 6.45) is 1.22. The summed E-state index contributed by atoms with van der Waals surface area (Å²) in [6, 6.07) is 9.75. The van der Waals surface area contributed by atoms with Crippen LogP contribution in [0.15, 0.2) is 24.3 Å². The normalized spacial score (nSPS) is 14.9. The standard InChI is InChI=1S/C16H27IN2/c1-12(2)10-16(11-19(4)5)18-13(3)14-6-8-15(17)9-7-14/h6-9,12-13,16,18H,10-11H2,1-5H3. The highest BCUT2D eigenvalue weighted by Gasteiger charge is 2.15. The molecule has 0 bridgehead atoms. The largest absolute Gasteiger partial charge is 0.308 e. The molecule has 0 spiro atoms. The monoisotopic (exact) mass is 374 g/mol. The molecule has 0 aliphatic carbocycles. The van der Waals surface area contributed by atoms with Crippen LogP contribution in [0.4, 0.5) is 0 Å². The zero-order valence-electron chi connectivity index (χ0n) is 12.8. The Bertz CT molecular complexity index is 350. The van der Waals surface area contributed by atoms with Gasteiger partial charge in [0.15, 0.2) is 0 Å². The molecule has 0 aromatic heterocycles. The molecule has 0 saturated carbocycles. The second-order valence-electron chi connectivity index (χ2n) is 6.03. The van der Waals surface area contributed by atoms with Crippen LogP contribution < -0.4 is 5.32 Å². The minimum atomic E-state index is 0.403. The van der Waals surface area contributed by atoms with Crippen LogP contribution in [0.25, 0.3) is 0 Å². The highest BCUT2D eigenvalue weighted by molar-refractivity contribution is 14.1. The van der Waals surface area contributed by atoms with E-state index in [1.807, 2.05) is 0 Å². The lowest BCUT2D eigenvalue weighted by Gasteiger charge is -2.27. The number of nitrogens with zero attached hydrogens (tertiary/aromatic N) is 1. The van der Waals surface area contributed by atoms with Crippen LogP contribution in [0.5, 0.6) is 0 Å². The van der Waals surface area contributed by atoms with Gasteiger partial charge < -0.3 is 10.2 Å². The minimum Gasteiger partial charge on any atom is -0.308 e. The van der Waals surface area contributed by atoms with E-state index >= 15 is 0 Å². The van der Waals surface area contributed by atoms with E-state index in [1.54, 1.807) is 0 Å². The number of rotatable bonds is 7. The van der Waals surface area contributed by atoms with E-state index in [9.17, 15) is 0 Å². The van der Waals surface area contributed by atoms with Gasteiger partial charge in [-0.25, -0.2) is 0 Å². The maximum atomic E-state index is 3.77. The quantitative estimate of drug-likeness (QED) is 0.728. The molecular formula is C16H27IN2. The molecule has 2 nitrogen and oxygen atoms in total. The Labute approximate surface area is 132 Å². The van der Waals surface area contributed by atoms with Crippen LogP contribution in [-0.2, 0) is 0 Å². The Morgan fingerprint density at radius 3 is 2.16 bits per heavy atom. The second-order valence-corrected chi connectivity index (χ2v) is 7.27. The van der Waals surface area contributed by atoms with Gasteiger partial charge in [-0.1, -0.05) is 26.0 Å². The molecule has 2 unspecified atom stereocenters. The van der Waals surface area contributed by atoms with Gasteiger partial charge in [-0.05, 0) is 73.6 Å². The predicted octanol–water partition coefficient (Wildman–Crippen LogP) is 3.92. The first kappa shape index (κ1) is 16.9. The van der Waals surface area contributed by atoms with E-state index in [1.165, 1.54) is 15.6 Å². The maximum Gasteiger partial charge on any atom is 0.0294 e. The Morgan fingerprint density at radius 1 is 1.11 bits per heavy atom. The van der Waals surface area contributed by atoms with Crippen molar-refractivity contribution >= 4 is 22.6 Å². The second kappa shape index (κ2) is 8.22. The van der Waals surface area contributed by atoms with E-state index in [4.69, 9.17) is 0 Å². The first-order chi connectivity index (χ1) is 8.88. The summed E-state index contributed by atoms with van der Waals surface area (Å²) in [4.78, 5) is 2.26. The first-order valence-corrected chi connectivity index (χ1v) is 8.12. The number of hydrogen-bond acceptors (Lipinski definition) is 2. The highest BCUT2D eigenvalue weighted by Crippen LogP contribution is 2.17. The first-order valence-electron chi connectivity index (χ1n) is 7.04. The number of hydrogen-bond donors (Lipinski definition) is 1. The number of benzene rings is 1. The van der Waals surface area contributed by atoms with Crippen LogP contribution >= 0.6 is 22.6 Å². The predicted molar refractivity (Wildman–Crippen MR) is 92.5 cm³/mol. The molecule has 1 rings (SSSR count). The molecule has 0 amide bonds. The van der Waals surface area contributed by atoms with Crippen LogP contribution in [-0.4, -0.2) is 31.6 Å². The summed E-state index contributed by atoms with van der Waals surface area (Å²) in [6.45, 7) is 7.93. The molecule has 0 fully saturated rings. The van der Waals surface area contributed by atoms with Crippen molar-refractivity contribution in [3.63, 3.8) is 0 Å². The lowest BCUT2D eigenvalue weighted by molar-refractivity contribution is 0.291. The third-order valence-corrected chi connectivity index (χ3v) is 3.92. The molecule has 0 heterocycles. The molecule has 0 radical (unpaired) electrons. The van der Waals surface area contributed by atoms with Gasteiger partial charge in [0, 0.05) is 22.2 Å². The van der Waals surface area contributed by atoms with Gasteiger partial charge in [-0.15, -0.1) is 0 Å². The summed E-state index contributed by atoms with van der Waals surface area (Å²) < 4.78 is 1.29. The van der Waals surface area contributed by atoms with Gasteiger partial charge in [-0.2, -0.15) is 0 Å². The summed E-state index contributed by atoms with van der Waals surface area (Å²) >= 11 is 2.35. The molecule has 2 atom stereocenters. The Morgan fingerprint density at radius 2 is 1.68 bits per heavy atom. The molecule has 0 aliphatic heterocycles. The summed E-state index contributed by atoms with van der Waals surface area (Å²) in [7, 11) is 4.29. The summed E-state index contributed by atoms with van der Waals surface area (Å²) in [5.41, 5.74) is 1.37. The average Bonchev–Trinajstić information content (AvgIpc) is 2.27. The third kappa shape index (κ3) is 6.72. The van der Waals surface area contributed by atoms with Crippen LogP contribution in [0.1, 0.15) is 38.8 Å². The van der Waals surface area contributed by atoms with Crippen molar-refractivity contribution in [1.82, 2.24) is 10.2 Å². The van der Waals surface area contributed by atoms with Gasteiger partial charge >= 0.3 is 0 Å². The molecular weight excluding hydrogens is 347 g/mol. The zero-order valence-corrected chi connectivity index (χ0v) is 14.9. The third-order valence-electron chi connectivity index (χ3n) is 3.20. The number of halogens is 1. The molecule has 108 valence electrons. The summed E-state index contributed by atoms with van der Waals surface area (Å²) in [5, 5.41) is 3.77. The van der Waals surface area contributed by atoms with Gasteiger partial charge in [-0.3, -0.25) is 0 Å². The molecule has 19 heavy (non-hydrogen) atoms. The minimum absolute atomic E-state index is 0.403. The lowest BCUT2D eigenvalue weighted by Crippen LogP contribution is -2.40.